The molecule has 0 bridgehead atoms. The van der Waals surface area contributed by atoms with Crippen LogP contribution in [0.15, 0.2) is 12.3 Å². The van der Waals surface area contributed by atoms with E-state index < -0.39 is 18.1 Å². The molecular formula is C7H14N2O4. The molecule has 0 spiro atoms. The molecule has 0 amide bonds. The topological polar surface area (TPSA) is 119 Å². The Kier molecular flexibility index (Phi) is 5.86. The van der Waals surface area contributed by atoms with Crippen LogP contribution >= 0.6 is 0 Å². The largest absolute Gasteiger partial charge is 0.500 e. The van der Waals surface area contributed by atoms with Crippen molar-refractivity contribution < 1.29 is 19.7 Å². The quantitative estimate of drug-likeness (QED) is 0.369. The number of carboxylic acid groups (broad SMARTS) is 1. The first kappa shape index (κ1) is 11.9. The highest BCUT2D eigenvalue weighted by atomic mass is 16.5. The van der Waals surface area contributed by atoms with Crippen LogP contribution in [0.4, 0.5) is 0 Å². The molecule has 0 aromatic rings. The van der Waals surface area contributed by atoms with Crippen LogP contribution in [-0.2, 0) is 9.53 Å². The minimum absolute atomic E-state index is 0.124. The first-order chi connectivity index (χ1) is 6.07. The minimum atomic E-state index is -1.13. The van der Waals surface area contributed by atoms with Crippen LogP contribution in [0.25, 0.3) is 0 Å². The zero-order valence-corrected chi connectivity index (χ0v) is 7.09. The number of nitrogens with two attached hydrogens (primary N) is 2. The number of rotatable bonds is 6. The predicted octanol–water partition coefficient (Wildman–Crippen LogP) is -1.75. The van der Waals surface area contributed by atoms with E-state index in [1.54, 1.807) is 0 Å². The Morgan fingerprint density at radius 2 is 2.15 bits per heavy atom. The second kappa shape index (κ2) is 6.41. The van der Waals surface area contributed by atoms with Crippen LogP contribution in [0.3, 0.4) is 0 Å². The molecule has 2 atom stereocenters. The van der Waals surface area contributed by atoms with Gasteiger partial charge in [-0.25, -0.2) is 0 Å². The van der Waals surface area contributed by atoms with Gasteiger partial charge in [-0.1, -0.05) is 0 Å². The van der Waals surface area contributed by atoms with Crippen molar-refractivity contribution in [1.29, 1.82) is 0 Å². The highest BCUT2D eigenvalue weighted by Crippen LogP contribution is 1.86. The molecule has 6 N–H and O–H groups in total. The number of aliphatic hydroxyl groups excluding tert-OH is 1. The van der Waals surface area contributed by atoms with Gasteiger partial charge in [-0.3, -0.25) is 4.79 Å². The third-order valence-corrected chi connectivity index (χ3v) is 1.21. The molecule has 0 aliphatic heterocycles. The van der Waals surface area contributed by atoms with Crippen molar-refractivity contribution >= 4 is 5.97 Å². The molecule has 0 aromatic carbocycles. The van der Waals surface area contributed by atoms with E-state index in [9.17, 15) is 4.79 Å². The second-order valence-electron chi connectivity index (χ2n) is 2.47. The van der Waals surface area contributed by atoms with Crippen molar-refractivity contribution in [3.05, 3.63) is 12.3 Å². The first-order valence-corrected chi connectivity index (χ1v) is 3.71. The first-order valence-electron chi connectivity index (χ1n) is 3.71. The highest BCUT2D eigenvalue weighted by Gasteiger charge is 2.05. The molecule has 0 aliphatic carbocycles. The third kappa shape index (κ3) is 6.09. The molecule has 0 rings (SSSR count). The fourth-order valence-electron chi connectivity index (χ4n) is 0.454. The molecule has 0 aliphatic rings. The molecule has 0 fully saturated rings. The van der Waals surface area contributed by atoms with Gasteiger partial charge in [0.05, 0.1) is 18.9 Å². The van der Waals surface area contributed by atoms with E-state index in [1.165, 1.54) is 6.08 Å². The van der Waals surface area contributed by atoms with Gasteiger partial charge >= 0.3 is 5.97 Å². The summed E-state index contributed by atoms with van der Waals surface area (Å²) in [5.74, 6) is -1.13. The Morgan fingerprint density at radius 3 is 2.62 bits per heavy atom. The third-order valence-electron chi connectivity index (χ3n) is 1.21. The lowest BCUT2D eigenvalue weighted by Gasteiger charge is -2.06. The van der Waals surface area contributed by atoms with Crippen LogP contribution in [0.1, 0.15) is 0 Å². The highest BCUT2D eigenvalue weighted by molar-refractivity contribution is 5.75. The number of hydrogen-bond acceptors (Lipinski definition) is 5. The Morgan fingerprint density at radius 1 is 1.54 bits per heavy atom. The minimum Gasteiger partial charge on any atom is -0.500 e. The summed E-state index contributed by atoms with van der Waals surface area (Å²) in [6.07, 6.45) is 2.35. The Balaban J connectivity index is 3.57. The van der Waals surface area contributed by atoms with Crippen molar-refractivity contribution in [2.24, 2.45) is 11.5 Å². The molecule has 6 nitrogen and oxygen atoms in total. The Bertz CT molecular complexity index is 183. The van der Waals surface area contributed by atoms with Crippen LogP contribution in [0, 0.1) is 0 Å². The fourth-order valence-corrected chi connectivity index (χ4v) is 0.454. The average Bonchev–Trinajstić information content (AvgIpc) is 2.11. The van der Waals surface area contributed by atoms with E-state index in [0.717, 1.165) is 6.26 Å². The van der Waals surface area contributed by atoms with Gasteiger partial charge in [-0.2, -0.15) is 0 Å². The van der Waals surface area contributed by atoms with Gasteiger partial charge in [0, 0.05) is 0 Å². The van der Waals surface area contributed by atoms with Crippen molar-refractivity contribution in [3.8, 4) is 0 Å². The van der Waals surface area contributed by atoms with Crippen LogP contribution in [-0.4, -0.2) is 41.5 Å². The maximum Gasteiger partial charge on any atom is 0.324 e. The van der Waals surface area contributed by atoms with E-state index in [0.29, 0.717) is 0 Å². The monoisotopic (exact) mass is 190 g/mol. The van der Waals surface area contributed by atoms with Gasteiger partial charge in [0.25, 0.3) is 0 Å². The maximum atomic E-state index is 10.2. The molecule has 6 heteroatoms. The number of carbonyl (C=O) groups is 1. The maximum absolute atomic E-state index is 10.2. The van der Waals surface area contributed by atoms with Gasteiger partial charge in [-0.05, 0) is 6.08 Å². The lowest BCUT2D eigenvalue weighted by atomic mass is 10.3. The molecule has 0 heterocycles. The van der Waals surface area contributed by atoms with Crippen LogP contribution < -0.4 is 11.5 Å². The van der Waals surface area contributed by atoms with Gasteiger partial charge in [0.1, 0.15) is 12.6 Å². The lowest BCUT2D eigenvalue weighted by Crippen LogP contribution is -2.30. The Hall–Kier alpha value is -1.11. The van der Waals surface area contributed by atoms with E-state index in [1.807, 2.05) is 0 Å². The lowest BCUT2D eigenvalue weighted by molar-refractivity contribution is -0.137. The van der Waals surface area contributed by atoms with Crippen LogP contribution in [0.5, 0.6) is 0 Å². The van der Waals surface area contributed by atoms with Crippen molar-refractivity contribution in [2.45, 2.75) is 12.1 Å². The van der Waals surface area contributed by atoms with E-state index in [2.05, 4.69) is 0 Å². The smallest absolute Gasteiger partial charge is 0.324 e. The molecule has 13 heavy (non-hydrogen) atoms. The molecule has 0 saturated heterocycles. The Labute approximate surface area is 75.8 Å². The van der Waals surface area contributed by atoms with Crippen molar-refractivity contribution in [1.82, 2.24) is 0 Å². The molecule has 76 valence electrons. The SMILES string of the molecule is NC(CO)CO/C=C/C(N)C(=O)O. The van der Waals surface area contributed by atoms with Crippen LogP contribution in [0.2, 0.25) is 0 Å². The average molecular weight is 190 g/mol. The number of ether oxygens (including phenoxy) is 1. The summed E-state index contributed by atoms with van der Waals surface area (Å²) < 4.78 is 4.80. The fraction of sp³-hybridized carbons (Fsp3) is 0.571. The molecule has 2 unspecified atom stereocenters. The zero-order valence-electron chi connectivity index (χ0n) is 7.09. The molecule has 0 saturated carbocycles. The normalized spacial score (nSPS) is 15.6. The zero-order chi connectivity index (χ0) is 10.3. The predicted molar refractivity (Wildman–Crippen MR) is 45.8 cm³/mol. The summed E-state index contributed by atoms with van der Waals surface area (Å²) in [5.41, 5.74) is 10.4. The summed E-state index contributed by atoms with van der Waals surface area (Å²) >= 11 is 0. The number of carboxylic acids is 1. The van der Waals surface area contributed by atoms with Gasteiger partial charge < -0.3 is 26.4 Å². The van der Waals surface area contributed by atoms with Crippen molar-refractivity contribution in [3.63, 3.8) is 0 Å². The molecule has 0 radical (unpaired) electrons. The summed E-state index contributed by atoms with van der Waals surface area (Å²) in [5, 5.41) is 16.8. The van der Waals surface area contributed by atoms with E-state index >= 15 is 0 Å². The summed E-state index contributed by atoms with van der Waals surface area (Å²) in [4.78, 5) is 10.2. The van der Waals surface area contributed by atoms with Gasteiger partial charge in [0.15, 0.2) is 0 Å². The summed E-state index contributed by atoms with van der Waals surface area (Å²) in [6, 6.07) is -1.55. The van der Waals surface area contributed by atoms with E-state index in [-0.39, 0.29) is 13.2 Å². The van der Waals surface area contributed by atoms with Gasteiger partial charge in [0.2, 0.25) is 0 Å². The van der Waals surface area contributed by atoms with E-state index in [4.69, 9.17) is 26.4 Å². The standard InChI is InChI=1S/C7H14N2O4/c8-5(3-10)4-13-2-1-6(9)7(11)12/h1-2,5-6,10H,3-4,8-9H2,(H,11,12)/b2-1+. The van der Waals surface area contributed by atoms with Gasteiger partial charge in [-0.15, -0.1) is 0 Å². The number of hydrogen-bond donors (Lipinski definition) is 4. The second-order valence-corrected chi connectivity index (χ2v) is 2.47. The van der Waals surface area contributed by atoms with Crippen molar-refractivity contribution in [2.75, 3.05) is 13.2 Å². The summed E-state index contributed by atoms with van der Waals surface area (Å²) in [7, 11) is 0. The number of aliphatic carboxylic acids is 1. The summed E-state index contributed by atoms with van der Waals surface area (Å²) in [6.45, 7) is -0.0574. The molecule has 0 aromatic heterocycles. The number of aliphatic hydroxyl groups is 1. The molecular weight excluding hydrogens is 176 g/mol.